The molecule has 1 aliphatic carbocycles. The lowest BCUT2D eigenvalue weighted by Gasteiger charge is -2.28. The zero-order valence-corrected chi connectivity index (χ0v) is 12.0. The molecule has 20 heavy (non-hydrogen) atoms. The van der Waals surface area contributed by atoms with E-state index in [1.165, 1.54) is 19.3 Å². The van der Waals surface area contributed by atoms with E-state index in [0.717, 1.165) is 44.7 Å². The molecular formula is C14H22N4O2. The average Bonchev–Trinajstić information content (AvgIpc) is 2.65. The first-order valence-corrected chi connectivity index (χ1v) is 7.66. The first kappa shape index (κ1) is 12.6. The highest BCUT2D eigenvalue weighted by atomic mass is 16.5. The quantitative estimate of drug-likeness (QED) is 0.807. The van der Waals surface area contributed by atoms with Gasteiger partial charge in [0.05, 0.1) is 19.3 Å². The highest BCUT2D eigenvalue weighted by Crippen LogP contribution is 2.36. The lowest BCUT2D eigenvalue weighted by molar-refractivity contribution is 0.0927. The van der Waals surface area contributed by atoms with Gasteiger partial charge in [-0.05, 0) is 25.0 Å². The minimum absolute atomic E-state index is 0.424. The Labute approximate surface area is 119 Å². The summed E-state index contributed by atoms with van der Waals surface area (Å²) in [5, 5.41) is 4.22. The molecule has 2 aliphatic heterocycles. The first-order chi connectivity index (χ1) is 9.79. The zero-order chi connectivity index (χ0) is 13.5. The molecule has 110 valence electrons. The highest BCUT2D eigenvalue weighted by Gasteiger charge is 2.34. The summed E-state index contributed by atoms with van der Waals surface area (Å²) >= 11 is 0. The van der Waals surface area contributed by atoms with E-state index in [2.05, 4.69) is 27.0 Å². The van der Waals surface area contributed by atoms with Crippen molar-refractivity contribution in [3.63, 3.8) is 0 Å². The molecule has 3 fully saturated rings. The van der Waals surface area contributed by atoms with E-state index in [4.69, 9.17) is 9.26 Å². The monoisotopic (exact) mass is 278 g/mol. The van der Waals surface area contributed by atoms with E-state index >= 15 is 0 Å². The van der Waals surface area contributed by atoms with E-state index in [0.29, 0.717) is 17.9 Å². The van der Waals surface area contributed by atoms with Crippen LogP contribution in [0, 0.1) is 5.92 Å². The summed E-state index contributed by atoms with van der Waals surface area (Å²) < 4.78 is 11.2. The van der Waals surface area contributed by atoms with Crippen LogP contribution in [0.5, 0.6) is 0 Å². The number of hydrogen-bond donors (Lipinski definition) is 0. The summed E-state index contributed by atoms with van der Waals surface area (Å²) in [6.45, 7) is 4.62. The summed E-state index contributed by atoms with van der Waals surface area (Å²) in [4.78, 5) is 9.33. The molecule has 2 saturated heterocycles. The van der Waals surface area contributed by atoms with Crippen molar-refractivity contribution in [1.82, 2.24) is 15.0 Å². The minimum atomic E-state index is 0.424. The average molecular weight is 278 g/mol. The maximum Gasteiger partial charge on any atom is 0.266 e. The summed E-state index contributed by atoms with van der Waals surface area (Å²) in [5.41, 5.74) is 0. The Bertz CT molecular complexity index is 473. The summed E-state index contributed by atoms with van der Waals surface area (Å²) in [7, 11) is 2.19. The van der Waals surface area contributed by atoms with Crippen LogP contribution >= 0.6 is 0 Å². The predicted octanol–water partition coefficient (Wildman–Crippen LogP) is 1.10. The molecule has 2 bridgehead atoms. The van der Waals surface area contributed by atoms with Crippen molar-refractivity contribution in [2.24, 2.45) is 5.92 Å². The van der Waals surface area contributed by atoms with Gasteiger partial charge in [-0.1, -0.05) is 6.42 Å². The van der Waals surface area contributed by atoms with E-state index in [1.807, 2.05) is 0 Å². The van der Waals surface area contributed by atoms with E-state index in [9.17, 15) is 0 Å². The van der Waals surface area contributed by atoms with Crippen molar-refractivity contribution in [3.8, 4) is 0 Å². The van der Waals surface area contributed by atoms with Crippen LogP contribution in [0.15, 0.2) is 4.52 Å². The molecule has 1 aromatic heterocycles. The topological polar surface area (TPSA) is 54.6 Å². The second-order valence-electron chi connectivity index (χ2n) is 6.46. The van der Waals surface area contributed by atoms with Gasteiger partial charge < -0.3 is 14.2 Å². The van der Waals surface area contributed by atoms with Gasteiger partial charge in [0.2, 0.25) is 5.89 Å². The summed E-state index contributed by atoms with van der Waals surface area (Å²) in [6, 6.07) is 0.424. The number of likely N-dealkylation sites (N-methyl/N-ethyl adjacent to an activating group) is 1. The third-order valence-electron chi connectivity index (χ3n) is 4.91. The fourth-order valence-corrected chi connectivity index (χ4v) is 3.39. The number of hydrogen-bond acceptors (Lipinski definition) is 6. The Morgan fingerprint density at radius 1 is 1.15 bits per heavy atom. The molecule has 2 atom stereocenters. The molecule has 6 heteroatoms. The molecule has 3 aliphatic rings. The number of nitrogens with zero attached hydrogens (tertiary/aromatic N) is 4. The van der Waals surface area contributed by atoms with Crippen LogP contribution in [0.3, 0.4) is 0 Å². The fourth-order valence-electron chi connectivity index (χ4n) is 3.39. The molecule has 0 N–H and O–H groups in total. The largest absolute Gasteiger partial charge is 0.379 e. The van der Waals surface area contributed by atoms with Gasteiger partial charge in [-0.3, -0.25) is 4.90 Å². The van der Waals surface area contributed by atoms with Gasteiger partial charge in [-0.15, -0.1) is 0 Å². The smallest absolute Gasteiger partial charge is 0.266 e. The number of fused-ring (bicyclic) bond motifs is 3. The van der Waals surface area contributed by atoms with Crippen LogP contribution in [0.4, 0.5) is 5.95 Å². The maximum absolute atomic E-state index is 5.75. The van der Waals surface area contributed by atoms with E-state index < -0.39 is 0 Å². The van der Waals surface area contributed by atoms with Crippen LogP contribution in [-0.2, 0) is 4.74 Å². The van der Waals surface area contributed by atoms with Gasteiger partial charge in [-0.2, -0.15) is 4.98 Å². The van der Waals surface area contributed by atoms with Crippen molar-refractivity contribution >= 4 is 5.95 Å². The molecule has 6 nitrogen and oxygen atoms in total. The second-order valence-corrected chi connectivity index (χ2v) is 6.46. The van der Waals surface area contributed by atoms with Gasteiger partial charge in [0.1, 0.15) is 0 Å². The van der Waals surface area contributed by atoms with Gasteiger partial charge in [-0.25, -0.2) is 0 Å². The highest BCUT2D eigenvalue weighted by molar-refractivity contribution is 5.30. The third-order valence-corrected chi connectivity index (χ3v) is 4.91. The second kappa shape index (κ2) is 5.00. The minimum Gasteiger partial charge on any atom is -0.379 e. The zero-order valence-electron chi connectivity index (χ0n) is 12.0. The molecule has 3 heterocycles. The number of ether oxygens (including phenoxy) is 1. The van der Waals surface area contributed by atoms with Crippen molar-refractivity contribution in [2.45, 2.75) is 31.2 Å². The summed E-state index contributed by atoms with van der Waals surface area (Å²) in [5.74, 6) is 2.65. The van der Waals surface area contributed by atoms with Crippen LogP contribution in [0.1, 0.15) is 31.1 Å². The van der Waals surface area contributed by atoms with Crippen LogP contribution in [-0.4, -0.2) is 61.0 Å². The van der Waals surface area contributed by atoms with Crippen molar-refractivity contribution in [1.29, 1.82) is 0 Å². The maximum atomic E-state index is 5.75. The third kappa shape index (κ3) is 2.20. The number of aromatic nitrogens is 2. The first-order valence-electron chi connectivity index (χ1n) is 7.66. The Balaban J connectivity index is 1.54. The molecule has 0 unspecified atom stereocenters. The molecule has 4 rings (SSSR count). The van der Waals surface area contributed by atoms with Gasteiger partial charge in [0.15, 0.2) is 0 Å². The molecule has 1 aromatic rings. The number of anilines is 1. The van der Waals surface area contributed by atoms with Crippen LogP contribution in [0.2, 0.25) is 0 Å². The lowest BCUT2D eigenvalue weighted by Crippen LogP contribution is -2.42. The number of rotatable bonds is 2. The molecule has 0 spiro atoms. The predicted molar refractivity (Wildman–Crippen MR) is 73.8 cm³/mol. The van der Waals surface area contributed by atoms with E-state index in [-0.39, 0.29) is 0 Å². The van der Waals surface area contributed by atoms with E-state index in [1.54, 1.807) is 0 Å². The standard InChI is InChI=1S/C14H22N4O2/c1-17-5-10-6-18(7-12(17)9-19-8-10)14-15-13(20-16-14)11-3-2-4-11/h10-12H,2-9H2,1H3/t10-,12+/m1/s1. The molecule has 0 amide bonds. The van der Waals surface area contributed by atoms with Crippen LogP contribution < -0.4 is 4.90 Å². The van der Waals surface area contributed by atoms with Gasteiger partial charge in [0.25, 0.3) is 5.95 Å². The van der Waals surface area contributed by atoms with Crippen molar-refractivity contribution in [3.05, 3.63) is 5.89 Å². The van der Waals surface area contributed by atoms with Gasteiger partial charge in [0, 0.05) is 31.5 Å². The lowest BCUT2D eigenvalue weighted by atomic mass is 9.85. The van der Waals surface area contributed by atoms with Crippen molar-refractivity contribution < 1.29 is 9.26 Å². The molecular weight excluding hydrogens is 256 g/mol. The van der Waals surface area contributed by atoms with Gasteiger partial charge >= 0.3 is 0 Å². The summed E-state index contributed by atoms with van der Waals surface area (Å²) in [6.07, 6.45) is 3.69. The van der Waals surface area contributed by atoms with Crippen molar-refractivity contribution in [2.75, 3.05) is 44.8 Å². The Hall–Kier alpha value is -1.14. The Morgan fingerprint density at radius 2 is 2.05 bits per heavy atom. The molecule has 0 aromatic carbocycles. The van der Waals surface area contributed by atoms with Crippen LogP contribution in [0.25, 0.3) is 0 Å². The SMILES string of the molecule is CN1C[C@H]2COC[C@@H]1CN(c1noc(C3CCC3)n1)C2. The molecule has 0 radical (unpaired) electrons. The Kier molecular flexibility index (Phi) is 3.15. The normalized spacial score (nSPS) is 31.9. The molecule has 1 saturated carbocycles. The Morgan fingerprint density at radius 3 is 2.85 bits per heavy atom. The fraction of sp³-hybridized carbons (Fsp3) is 0.857.